The Bertz CT molecular complexity index is 1280. The monoisotopic (exact) mass is 489 g/mol. The van der Waals surface area contributed by atoms with E-state index < -0.39 is 57.3 Å². The van der Waals surface area contributed by atoms with E-state index in [2.05, 4.69) is 29.1 Å². The van der Waals surface area contributed by atoms with Crippen molar-refractivity contribution in [3.8, 4) is 23.0 Å². The third kappa shape index (κ3) is 5.74. The quantitative estimate of drug-likeness (QED) is 0.112. The molecule has 0 N–H and O–H groups in total. The van der Waals surface area contributed by atoms with Crippen LogP contribution in [0.2, 0.25) is 0 Å². The molecule has 0 radical (unpaired) electrons. The van der Waals surface area contributed by atoms with Crippen LogP contribution in [0.5, 0.6) is 0 Å². The molecule has 3 rings (SSSR count). The van der Waals surface area contributed by atoms with Crippen molar-refractivity contribution < 1.29 is 26.3 Å². The van der Waals surface area contributed by atoms with Crippen LogP contribution >= 0.6 is 12.2 Å². The van der Waals surface area contributed by atoms with Crippen LogP contribution in [0, 0.1) is 46.7 Å². The molecule has 0 saturated heterocycles. The second kappa shape index (κ2) is 11.1. The molecular weight excluding hydrogens is 472 g/mol. The summed E-state index contributed by atoms with van der Waals surface area (Å²) in [6, 6.07) is 5.39. The Morgan fingerprint density at radius 2 is 1.32 bits per heavy atom. The van der Waals surface area contributed by atoms with E-state index in [9.17, 15) is 26.3 Å². The Labute approximate surface area is 198 Å². The first-order valence-electron chi connectivity index (χ1n) is 10.3. The molecule has 0 aliphatic rings. The summed E-state index contributed by atoms with van der Waals surface area (Å²) >= 11 is 4.31. The minimum absolute atomic E-state index is 0.215. The highest BCUT2D eigenvalue weighted by molar-refractivity contribution is 7.78. The maximum absolute atomic E-state index is 14.6. The van der Waals surface area contributed by atoms with E-state index in [0.717, 1.165) is 31.4 Å². The molecule has 174 valence electrons. The number of hydrogen-bond donors (Lipinski definition) is 0. The van der Waals surface area contributed by atoms with Crippen molar-refractivity contribution in [1.82, 2.24) is 0 Å². The topological polar surface area (TPSA) is 12.4 Å². The molecule has 8 heteroatoms. The lowest BCUT2D eigenvalue weighted by molar-refractivity contribution is 0.572. The van der Waals surface area contributed by atoms with Gasteiger partial charge in [0.15, 0.2) is 11.6 Å². The molecule has 0 amide bonds. The number of benzene rings is 3. The average molecular weight is 489 g/mol. The Balaban J connectivity index is 1.94. The summed E-state index contributed by atoms with van der Waals surface area (Å²) < 4.78 is 86.1. The van der Waals surface area contributed by atoms with Crippen LogP contribution in [0.4, 0.5) is 32.0 Å². The summed E-state index contributed by atoms with van der Waals surface area (Å²) in [7, 11) is 0. The van der Waals surface area contributed by atoms with Gasteiger partial charge in [0.1, 0.15) is 29.0 Å². The second-order valence-electron chi connectivity index (χ2n) is 7.45. The van der Waals surface area contributed by atoms with Gasteiger partial charge >= 0.3 is 0 Å². The molecule has 3 aromatic rings. The molecular formula is C26H17F6NS. The van der Waals surface area contributed by atoms with Crippen LogP contribution in [0.1, 0.15) is 42.9 Å². The zero-order chi connectivity index (χ0) is 24.8. The lowest BCUT2D eigenvalue weighted by atomic mass is 10.0. The standard InChI is InChI=1S/C26H17F6NS/c1-2-3-4-5-15-8-19(27)18(20(28)9-15)7-6-16-10-21(29)25(22(30)11-16)17-12-23(31)26(33-14-34)24(32)13-17/h8-13H,2-5H2,1H3. The van der Waals surface area contributed by atoms with Crippen molar-refractivity contribution >= 4 is 23.1 Å². The van der Waals surface area contributed by atoms with Gasteiger partial charge in [-0.25, -0.2) is 26.3 Å². The second-order valence-corrected chi connectivity index (χ2v) is 7.63. The summed E-state index contributed by atoms with van der Waals surface area (Å²) in [5.41, 5.74) is -2.09. The fourth-order valence-corrected chi connectivity index (χ4v) is 3.48. The van der Waals surface area contributed by atoms with Crippen molar-refractivity contribution in [2.24, 2.45) is 4.99 Å². The maximum atomic E-state index is 14.6. The molecule has 0 saturated carbocycles. The number of hydrogen-bond acceptors (Lipinski definition) is 2. The molecule has 0 heterocycles. The van der Waals surface area contributed by atoms with Gasteiger partial charge in [0.25, 0.3) is 0 Å². The third-order valence-corrected chi connectivity index (χ3v) is 5.10. The van der Waals surface area contributed by atoms with E-state index in [1.165, 1.54) is 12.1 Å². The van der Waals surface area contributed by atoms with Crippen LogP contribution in [0.25, 0.3) is 11.1 Å². The van der Waals surface area contributed by atoms with Crippen LogP contribution in [0.15, 0.2) is 41.4 Å². The summed E-state index contributed by atoms with van der Waals surface area (Å²) in [6.07, 6.45) is 3.22. The SMILES string of the molecule is CCCCCc1cc(F)c(C#Cc2cc(F)c(-c3cc(F)c(N=C=S)c(F)c3)c(F)c2)c(F)c1. The van der Waals surface area contributed by atoms with Crippen molar-refractivity contribution in [2.75, 3.05) is 0 Å². The normalized spacial score (nSPS) is 10.4. The zero-order valence-corrected chi connectivity index (χ0v) is 18.7. The summed E-state index contributed by atoms with van der Waals surface area (Å²) in [5, 5.41) is 1.82. The van der Waals surface area contributed by atoms with Gasteiger partial charge in [-0.3, -0.25) is 0 Å². The van der Waals surface area contributed by atoms with E-state index in [1.807, 2.05) is 12.1 Å². The molecule has 34 heavy (non-hydrogen) atoms. The molecule has 0 atom stereocenters. The number of halogens is 6. The van der Waals surface area contributed by atoms with Crippen molar-refractivity contribution in [3.05, 3.63) is 88.0 Å². The van der Waals surface area contributed by atoms with Crippen LogP contribution in [-0.2, 0) is 6.42 Å². The third-order valence-electron chi connectivity index (χ3n) is 5.01. The molecule has 3 aromatic carbocycles. The highest BCUT2D eigenvalue weighted by atomic mass is 32.1. The molecule has 0 aromatic heterocycles. The average Bonchev–Trinajstić information content (AvgIpc) is 2.75. The molecule has 0 aliphatic heterocycles. The minimum atomic E-state index is -1.18. The number of aliphatic imine (C=N–C) groups is 1. The number of nitrogens with zero attached hydrogens (tertiary/aromatic N) is 1. The predicted molar refractivity (Wildman–Crippen MR) is 122 cm³/mol. The van der Waals surface area contributed by atoms with E-state index in [1.54, 1.807) is 0 Å². The predicted octanol–water partition coefficient (Wildman–Crippen LogP) is 8.06. The van der Waals surface area contributed by atoms with Gasteiger partial charge in [-0.1, -0.05) is 31.6 Å². The molecule has 0 fully saturated rings. The number of thiocarbonyl (C=S) groups is 1. The van der Waals surface area contributed by atoms with Crippen LogP contribution in [0.3, 0.4) is 0 Å². The van der Waals surface area contributed by atoms with Gasteiger partial charge in [0.2, 0.25) is 0 Å². The van der Waals surface area contributed by atoms with Gasteiger partial charge < -0.3 is 0 Å². The lowest BCUT2D eigenvalue weighted by Gasteiger charge is -2.08. The van der Waals surface area contributed by atoms with Gasteiger partial charge in [-0.05, 0) is 72.6 Å². The Hall–Kier alpha value is -3.40. The first kappa shape index (κ1) is 25.2. The highest BCUT2D eigenvalue weighted by Crippen LogP contribution is 2.32. The first-order chi connectivity index (χ1) is 16.2. The fourth-order valence-electron chi connectivity index (χ4n) is 3.39. The molecule has 0 aliphatic carbocycles. The number of rotatable bonds is 6. The van der Waals surface area contributed by atoms with Crippen LogP contribution < -0.4 is 0 Å². The van der Waals surface area contributed by atoms with Gasteiger partial charge in [-0.2, -0.15) is 4.99 Å². The summed E-state index contributed by atoms with van der Waals surface area (Å²) in [5.74, 6) is -1.85. The summed E-state index contributed by atoms with van der Waals surface area (Å²) in [4.78, 5) is 3.24. The van der Waals surface area contributed by atoms with E-state index in [0.29, 0.717) is 24.1 Å². The van der Waals surface area contributed by atoms with E-state index in [-0.39, 0.29) is 5.56 Å². The first-order valence-corrected chi connectivity index (χ1v) is 10.7. The molecule has 0 bridgehead atoms. The summed E-state index contributed by atoms with van der Waals surface area (Å²) in [6.45, 7) is 2.02. The molecule has 1 nitrogen and oxygen atoms in total. The minimum Gasteiger partial charge on any atom is -0.206 e. The van der Waals surface area contributed by atoms with E-state index in [4.69, 9.17) is 0 Å². The Morgan fingerprint density at radius 1 is 0.735 bits per heavy atom. The van der Waals surface area contributed by atoms with E-state index >= 15 is 0 Å². The number of unbranched alkanes of at least 4 members (excludes halogenated alkanes) is 2. The Kier molecular flexibility index (Phi) is 8.27. The largest absolute Gasteiger partial charge is 0.206 e. The smallest absolute Gasteiger partial charge is 0.153 e. The maximum Gasteiger partial charge on any atom is 0.153 e. The van der Waals surface area contributed by atoms with Crippen LogP contribution in [-0.4, -0.2) is 5.16 Å². The number of aryl methyl sites for hydroxylation is 1. The molecule has 0 spiro atoms. The van der Waals surface area contributed by atoms with Gasteiger partial charge in [0, 0.05) is 5.56 Å². The van der Waals surface area contributed by atoms with Crippen molar-refractivity contribution in [1.29, 1.82) is 0 Å². The Morgan fingerprint density at radius 3 is 1.85 bits per heavy atom. The fraction of sp³-hybridized carbons (Fsp3) is 0.192. The van der Waals surface area contributed by atoms with Gasteiger partial charge in [-0.15, -0.1) is 0 Å². The highest BCUT2D eigenvalue weighted by Gasteiger charge is 2.18. The van der Waals surface area contributed by atoms with Crippen molar-refractivity contribution in [2.45, 2.75) is 32.6 Å². The number of isothiocyanates is 1. The lowest BCUT2D eigenvalue weighted by Crippen LogP contribution is -1.96. The zero-order valence-electron chi connectivity index (χ0n) is 17.9. The molecule has 0 unspecified atom stereocenters. The van der Waals surface area contributed by atoms with Crippen molar-refractivity contribution in [3.63, 3.8) is 0 Å². The van der Waals surface area contributed by atoms with Gasteiger partial charge in [0.05, 0.1) is 16.3 Å².